The van der Waals surface area contributed by atoms with Crippen LogP contribution in [0.1, 0.15) is 32.3 Å². The molecular formula is C17H28N2O. The molecule has 0 spiro atoms. The highest BCUT2D eigenvalue weighted by Gasteiger charge is 2.23. The van der Waals surface area contributed by atoms with Crippen molar-refractivity contribution in [1.82, 2.24) is 10.2 Å². The fourth-order valence-corrected chi connectivity index (χ4v) is 2.54. The van der Waals surface area contributed by atoms with Gasteiger partial charge in [0.15, 0.2) is 0 Å². The monoisotopic (exact) mass is 276 g/mol. The average Bonchev–Trinajstić information content (AvgIpc) is 3.28. The maximum Gasteiger partial charge on any atom is 0.122 e. The Kier molecular flexibility index (Phi) is 5.44. The molecule has 0 saturated heterocycles. The van der Waals surface area contributed by atoms with Gasteiger partial charge in [-0.1, -0.05) is 18.2 Å². The summed E-state index contributed by atoms with van der Waals surface area (Å²) in [5, 5.41) is 3.61. The Hall–Kier alpha value is -1.06. The van der Waals surface area contributed by atoms with Crippen LogP contribution >= 0.6 is 0 Å². The highest BCUT2D eigenvalue weighted by atomic mass is 16.5. The summed E-state index contributed by atoms with van der Waals surface area (Å²) in [5.41, 5.74) is 1.29. The molecule has 0 aromatic heterocycles. The van der Waals surface area contributed by atoms with E-state index in [1.54, 1.807) is 7.11 Å². The molecule has 1 saturated carbocycles. The summed E-state index contributed by atoms with van der Waals surface area (Å²) in [6.07, 6.45) is 3.73. The molecule has 1 aliphatic rings. The van der Waals surface area contributed by atoms with Crippen LogP contribution in [0.25, 0.3) is 0 Å². The van der Waals surface area contributed by atoms with E-state index >= 15 is 0 Å². The fourth-order valence-electron chi connectivity index (χ4n) is 2.54. The summed E-state index contributed by atoms with van der Waals surface area (Å²) in [7, 11) is 3.97. The molecule has 2 unspecified atom stereocenters. The summed E-state index contributed by atoms with van der Waals surface area (Å²) >= 11 is 0. The zero-order valence-corrected chi connectivity index (χ0v) is 13.2. The molecule has 3 heteroatoms. The van der Waals surface area contributed by atoms with Crippen molar-refractivity contribution in [3.63, 3.8) is 0 Å². The molecule has 0 bridgehead atoms. The number of rotatable bonds is 8. The minimum absolute atomic E-state index is 0.502. The highest BCUT2D eigenvalue weighted by Crippen LogP contribution is 2.21. The molecule has 112 valence electrons. The second kappa shape index (κ2) is 7.09. The average molecular weight is 276 g/mol. The van der Waals surface area contributed by atoms with Gasteiger partial charge in [0.1, 0.15) is 5.75 Å². The van der Waals surface area contributed by atoms with Crippen LogP contribution < -0.4 is 10.1 Å². The van der Waals surface area contributed by atoms with Crippen LogP contribution in [0.2, 0.25) is 0 Å². The van der Waals surface area contributed by atoms with Crippen LogP contribution in [0.5, 0.6) is 5.75 Å². The van der Waals surface area contributed by atoms with Crippen LogP contribution in [0.3, 0.4) is 0 Å². The maximum absolute atomic E-state index is 5.44. The first-order chi connectivity index (χ1) is 9.61. The highest BCUT2D eigenvalue weighted by molar-refractivity contribution is 5.33. The Morgan fingerprint density at radius 2 is 1.95 bits per heavy atom. The third-order valence-corrected chi connectivity index (χ3v) is 4.38. The minimum Gasteiger partial charge on any atom is -0.496 e. The number of benzene rings is 1. The molecule has 0 heterocycles. The number of hydrogen-bond donors (Lipinski definition) is 1. The van der Waals surface area contributed by atoms with Crippen LogP contribution in [0.4, 0.5) is 0 Å². The first-order valence-corrected chi connectivity index (χ1v) is 7.69. The van der Waals surface area contributed by atoms with Crippen molar-refractivity contribution in [3.05, 3.63) is 29.8 Å². The van der Waals surface area contributed by atoms with Crippen LogP contribution in [-0.2, 0) is 6.42 Å². The Bertz CT molecular complexity index is 417. The quantitative estimate of drug-likeness (QED) is 0.790. The first kappa shape index (κ1) is 15.3. The summed E-state index contributed by atoms with van der Waals surface area (Å²) in [6.45, 7) is 5.67. The van der Waals surface area contributed by atoms with Gasteiger partial charge >= 0.3 is 0 Å². The van der Waals surface area contributed by atoms with Gasteiger partial charge in [-0.2, -0.15) is 0 Å². The lowest BCUT2D eigenvalue weighted by molar-refractivity contribution is 0.189. The van der Waals surface area contributed by atoms with Gasteiger partial charge in [-0.3, -0.25) is 4.90 Å². The maximum atomic E-state index is 5.44. The molecular weight excluding hydrogens is 248 g/mol. The molecule has 1 aromatic carbocycles. The third-order valence-electron chi connectivity index (χ3n) is 4.38. The molecule has 1 aromatic rings. The molecule has 2 atom stereocenters. The van der Waals surface area contributed by atoms with Crippen molar-refractivity contribution < 1.29 is 4.74 Å². The Labute approximate surface area is 123 Å². The molecule has 3 nitrogen and oxygen atoms in total. The summed E-state index contributed by atoms with van der Waals surface area (Å²) in [6, 6.07) is 10.2. The van der Waals surface area contributed by atoms with Crippen molar-refractivity contribution in [3.8, 4) is 5.75 Å². The van der Waals surface area contributed by atoms with Crippen LogP contribution in [-0.4, -0.2) is 43.7 Å². The molecule has 0 aliphatic heterocycles. The number of para-hydroxylation sites is 1. The van der Waals surface area contributed by atoms with Gasteiger partial charge in [-0.15, -0.1) is 0 Å². The second-order valence-electron chi connectivity index (χ2n) is 6.06. The zero-order valence-electron chi connectivity index (χ0n) is 13.2. The van der Waals surface area contributed by atoms with Crippen molar-refractivity contribution in [1.29, 1.82) is 0 Å². The van der Waals surface area contributed by atoms with E-state index in [9.17, 15) is 0 Å². The Balaban J connectivity index is 1.86. The van der Waals surface area contributed by atoms with Crippen molar-refractivity contribution >= 4 is 0 Å². The largest absolute Gasteiger partial charge is 0.496 e. The van der Waals surface area contributed by atoms with Crippen molar-refractivity contribution in [2.45, 2.75) is 51.2 Å². The summed E-state index contributed by atoms with van der Waals surface area (Å²) < 4.78 is 5.44. The predicted molar refractivity (Wildman–Crippen MR) is 84.4 cm³/mol. The van der Waals surface area contributed by atoms with E-state index in [1.165, 1.54) is 18.4 Å². The normalized spacial score (nSPS) is 18.1. The van der Waals surface area contributed by atoms with E-state index in [2.05, 4.69) is 43.2 Å². The van der Waals surface area contributed by atoms with Gasteiger partial charge in [0.05, 0.1) is 7.11 Å². The molecule has 20 heavy (non-hydrogen) atoms. The van der Waals surface area contributed by atoms with Gasteiger partial charge in [-0.25, -0.2) is 0 Å². The number of ether oxygens (including phenoxy) is 1. The van der Waals surface area contributed by atoms with Crippen LogP contribution in [0, 0.1) is 0 Å². The molecule has 2 rings (SSSR count). The van der Waals surface area contributed by atoms with E-state index in [1.807, 2.05) is 12.1 Å². The van der Waals surface area contributed by atoms with Gasteiger partial charge < -0.3 is 10.1 Å². The Morgan fingerprint density at radius 1 is 1.25 bits per heavy atom. The predicted octanol–water partition coefficient (Wildman–Crippen LogP) is 2.70. The lowest BCUT2D eigenvalue weighted by atomic mass is 10.0. The molecule has 1 fully saturated rings. The Morgan fingerprint density at radius 3 is 2.60 bits per heavy atom. The first-order valence-electron chi connectivity index (χ1n) is 7.69. The second-order valence-corrected chi connectivity index (χ2v) is 6.06. The van der Waals surface area contributed by atoms with E-state index in [0.29, 0.717) is 12.1 Å². The minimum atomic E-state index is 0.502. The molecule has 1 N–H and O–H groups in total. The van der Waals surface area contributed by atoms with Gasteiger partial charge in [0.2, 0.25) is 0 Å². The molecule has 0 amide bonds. The number of likely N-dealkylation sites (N-methyl/N-ethyl adjacent to an activating group) is 1. The smallest absolute Gasteiger partial charge is 0.122 e. The molecule has 1 aliphatic carbocycles. The van der Waals surface area contributed by atoms with E-state index in [0.717, 1.165) is 24.8 Å². The van der Waals surface area contributed by atoms with Gasteiger partial charge in [-0.05, 0) is 51.8 Å². The third kappa shape index (κ3) is 4.22. The summed E-state index contributed by atoms with van der Waals surface area (Å²) in [5.74, 6) is 0.997. The SMILES string of the molecule is COc1ccccc1CC(C)N(C)C(C)CNC1CC1. The van der Waals surface area contributed by atoms with Crippen LogP contribution in [0.15, 0.2) is 24.3 Å². The van der Waals surface area contributed by atoms with Gasteiger partial charge in [0, 0.05) is 24.7 Å². The zero-order chi connectivity index (χ0) is 14.5. The molecule has 0 radical (unpaired) electrons. The lowest BCUT2D eigenvalue weighted by Gasteiger charge is -2.31. The lowest BCUT2D eigenvalue weighted by Crippen LogP contribution is -2.44. The van der Waals surface area contributed by atoms with E-state index in [-0.39, 0.29) is 0 Å². The van der Waals surface area contributed by atoms with Gasteiger partial charge in [0.25, 0.3) is 0 Å². The van der Waals surface area contributed by atoms with E-state index in [4.69, 9.17) is 4.74 Å². The fraction of sp³-hybridized carbons (Fsp3) is 0.647. The number of hydrogen-bond acceptors (Lipinski definition) is 3. The van der Waals surface area contributed by atoms with Crippen molar-refractivity contribution in [2.75, 3.05) is 20.7 Å². The topological polar surface area (TPSA) is 24.5 Å². The number of nitrogens with zero attached hydrogens (tertiary/aromatic N) is 1. The summed E-state index contributed by atoms with van der Waals surface area (Å²) in [4.78, 5) is 2.46. The van der Waals surface area contributed by atoms with Crippen molar-refractivity contribution in [2.24, 2.45) is 0 Å². The standard InChI is InChI=1S/C17H28N2O/c1-13(11-15-7-5-6-8-17(15)20-4)19(3)14(2)12-18-16-9-10-16/h5-8,13-14,16,18H,9-12H2,1-4H3. The number of methoxy groups -OCH3 is 1. The number of nitrogens with one attached hydrogen (secondary N) is 1. The van der Waals surface area contributed by atoms with E-state index < -0.39 is 0 Å².